The Morgan fingerprint density at radius 2 is 1.89 bits per heavy atom. The molecule has 8 heteroatoms. The van der Waals surface area contributed by atoms with Crippen LogP contribution < -0.4 is 15.4 Å². The number of nitrogens with zero attached hydrogens (tertiary/aromatic N) is 2. The first kappa shape index (κ1) is 21.4. The summed E-state index contributed by atoms with van der Waals surface area (Å²) in [5.41, 5.74) is 0.451. The maximum absolute atomic E-state index is 12.1. The summed E-state index contributed by atoms with van der Waals surface area (Å²) >= 11 is 0. The van der Waals surface area contributed by atoms with Gasteiger partial charge in [-0.05, 0) is 58.9 Å². The van der Waals surface area contributed by atoms with E-state index in [2.05, 4.69) is 20.8 Å². The van der Waals surface area contributed by atoms with Crippen molar-refractivity contribution in [3.8, 4) is 17.1 Å². The average Bonchev–Trinajstić information content (AvgIpc) is 3.08. The van der Waals surface area contributed by atoms with Crippen molar-refractivity contribution >= 4 is 11.8 Å². The van der Waals surface area contributed by atoms with E-state index in [1.165, 1.54) is 0 Å². The Balaban J connectivity index is 1.85. The van der Waals surface area contributed by atoms with Crippen molar-refractivity contribution in [3.05, 3.63) is 30.2 Å². The Morgan fingerprint density at radius 3 is 2.50 bits per heavy atom. The lowest BCUT2D eigenvalue weighted by Crippen LogP contribution is -2.50. The summed E-state index contributed by atoms with van der Waals surface area (Å²) in [6, 6.07) is 6.76. The van der Waals surface area contributed by atoms with Gasteiger partial charge in [0.2, 0.25) is 23.5 Å². The lowest BCUT2D eigenvalue weighted by molar-refractivity contribution is -0.129. The van der Waals surface area contributed by atoms with Crippen LogP contribution in [0.1, 0.15) is 46.9 Å². The Hall–Kier alpha value is -2.90. The van der Waals surface area contributed by atoms with E-state index in [1.807, 2.05) is 52.0 Å². The number of aryl methyl sites for hydroxylation is 1. The van der Waals surface area contributed by atoms with Crippen LogP contribution in [0.5, 0.6) is 5.75 Å². The summed E-state index contributed by atoms with van der Waals surface area (Å²) in [7, 11) is 0. The number of ether oxygens (including phenoxy) is 1. The molecular weight excluding hydrogens is 360 g/mol. The molecule has 2 aromatic rings. The predicted molar refractivity (Wildman–Crippen MR) is 105 cm³/mol. The smallest absolute Gasteiger partial charge is 0.242 e. The lowest BCUT2D eigenvalue weighted by atomic mass is 10.1. The fourth-order valence-electron chi connectivity index (χ4n) is 2.42. The Bertz CT molecular complexity index is 793. The lowest BCUT2D eigenvalue weighted by Gasteiger charge is -2.23. The van der Waals surface area contributed by atoms with Gasteiger partial charge in [0.05, 0.1) is 6.61 Å². The molecule has 152 valence electrons. The highest BCUT2D eigenvalue weighted by Crippen LogP contribution is 2.20. The highest BCUT2D eigenvalue weighted by Gasteiger charge is 2.21. The molecule has 0 spiro atoms. The number of amides is 2. The number of hydrogen-bond acceptors (Lipinski definition) is 6. The first-order valence-corrected chi connectivity index (χ1v) is 9.35. The standard InChI is InChI=1S/C20H28N4O4/c1-6-27-15-9-7-14(8-10-15)18-22-17(28-24-18)12-11-16(25)21-13(2)19(26)23-20(3,4)5/h7-10,13H,6,11-12H2,1-5H3,(H,21,25)(H,23,26). The van der Waals surface area contributed by atoms with Crippen molar-refractivity contribution < 1.29 is 18.8 Å². The second kappa shape index (κ2) is 9.34. The van der Waals surface area contributed by atoms with Gasteiger partial charge < -0.3 is 19.9 Å². The van der Waals surface area contributed by atoms with Gasteiger partial charge >= 0.3 is 0 Å². The minimum atomic E-state index is -0.617. The third-order valence-corrected chi connectivity index (χ3v) is 3.73. The highest BCUT2D eigenvalue weighted by atomic mass is 16.5. The summed E-state index contributed by atoms with van der Waals surface area (Å²) < 4.78 is 10.6. The van der Waals surface area contributed by atoms with Crippen molar-refractivity contribution in [1.29, 1.82) is 0 Å². The molecule has 2 rings (SSSR count). The Morgan fingerprint density at radius 1 is 1.21 bits per heavy atom. The number of nitrogens with one attached hydrogen (secondary N) is 2. The molecule has 0 aliphatic carbocycles. The number of carbonyl (C=O) groups excluding carboxylic acids is 2. The molecule has 2 N–H and O–H groups in total. The molecule has 0 aliphatic rings. The fourth-order valence-corrected chi connectivity index (χ4v) is 2.42. The molecule has 2 amide bonds. The van der Waals surface area contributed by atoms with E-state index in [4.69, 9.17) is 9.26 Å². The molecule has 0 fully saturated rings. The number of hydrogen-bond donors (Lipinski definition) is 2. The molecule has 0 radical (unpaired) electrons. The molecule has 1 atom stereocenters. The van der Waals surface area contributed by atoms with Crippen LogP contribution >= 0.6 is 0 Å². The van der Waals surface area contributed by atoms with Crippen molar-refractivity contribution in [3.63, 3.8) is 0 Å². The molecule has 0 aliphatic heterocycles. The van der Waals surface area contributed by atoms with Crippen LogP contribution in [0.3, 0.4) is 0 Å². The topological polar surface area (TPSA) is 106 Å². The minimum Gasteiger partial charge on any atom is -0.494 e. The molecule has 1 unspecified atom stereocenters. The zero-order valence-corrected chi connectivity index (χ0v) is 17.0. The van der Waals surface area contributed by atoms with E-state index in [0.717, 1.165) is 11.3 Å². The number of benzene rings is 1. The van der Waals surface area contributed by atoms with Gasteiger partial charge in [-0.25, -0.2) is 0 Å². The monoisotopic (exact) mass is 388 g/mol. The highest BCUT2D eigenvalue weighted by molar-refractivity contribution is 5.87. The van der Waals surface area contributed by atoms with Gasteiger partial charge in [0.1, 0.15) is 11.8 Å². The summed E-state index contributed by atoms with van der Waals surface area (Å²) in [5, 5.41) is 9.45. The molecular formula is C20H28N4O4. The normalized spacial score (nSPS) is 12.3. The van der Waals surface area contributed by atoms with Crippen molar-refractivity contribution in [2.75, 3.05) is 6.61 Å². The number of rotatable bonds is 8. The quantitative estimate of drug-likeness (QED) is 0.720. The first-order chi connectivity index (χ1) is 13.2. The van der Waals surface area contributed by atoms with Crippen LogP contribution in [0, 0.1) is 0 Å². The molecule has 1 aromatic carbocycles. The van der Waals surface area contributed by atoms with Crippen LogP contribution in [0.25, 0.3) is 11.4 Å². The fraction of sp³-hybridized carbons (Fsp3) is 0.500. The maximum Gasteiger partial charge on any atom is 0.242 e. The second-order valence-electron chi connectivity index (χ2n) is 7.50. The summed E-state index contributed by atoms with van der Waals surface area (Å²) in [6.45, 7) is 9.83. The van der Waals surface area contributed by atoms with Crippen molar-refractivity contribution in [1.82, 2.24) is 20.8 Å². The zero-order chi connectivity index (χ0) is 20.7. The van der Waals surface area contributed by atoms with Crippen molar-refractivity contribution in [2.24, 2.45) is 0 Å². The predicted octanol–water partition coefficient (Wildman–Crippen LogP) is 2.49. The van der Waals surface area contributed by atoms with Gasteiger partial charge in [-0.3, -0.25) is 9.59 Å². The maximum atomic E-state index is 12.1. The van der Waals surface area contributed by atoms with E-state index >= 15 is 0 Å². The summed E-state index contributed by atoms with van der Waals surface area (Å²) in [6.07, 6.45) is 0.446. The Kier molecular flexibility index (Phi) is 7.14. The van der Waals surface area contributed by atoms with Crippen LogP contribution in [-0.4, -0.2) is 40.1 Å². The van der Waals surface area contributed by atoms with Gasteiger partial charge in [0, 0.05) is 23.9 Å². The molecule has 8 nitrogen and oxygen atoms in total. The van der Waals surface area contributed by atoms with E-state index in [0.29, 0.717) is 24.7 Å². The van der Waals surface area contributed by atoms with Crippen LogP contribution in [-0.2, 0) is 16.0 Å². The second-order valence-corrected chi connectivity index (χ2v) is 7.50. The molecule has 0 bridgehead atoms. The van der Waals surface area contributed by atoms with E-state index < -0.39 is 6.04 Å². The number of aromatic nitrogens is 2. The third-order valence-electron chi connectivity index (χ3n) is 3.73. The van der Waals surface area contributed by atoms with Gasteiger partial charge in [0.25, 0.3) is 0 Å². The molecule has 28 heavy (non-hydrogen) atoms. The first-order valence-electron chi connectivity index (χ1n) is 9.35. The van der Waals surface area contributed by atoms with Crippen LogP contribution in [0.2, 0.25) is 0 Å². The van der Waals surface area contributed by atoms with E-state index in [9.17, 15) is 9.59 Å². The Labute approximate surface area is 165 Å². The largest absolute Gasteiger partial charge is 0.494 e. The summed E-state index contributed by atoms with van der Waals surface area (Å²) in [5.74, 6) is 1.12. The number of carbonyl (C=O) groups is 2. The SMILES string of the molecule is CCOc1ccc(-c2noc(CCC(=O)NC(C)C(=O)NC(C)(C)C)n2)cc1. The van der Waals surface area contributed by atoms with Gasteiger partial charge in [0.15, 0.2) is 0 Å². The molecule has 0 saturated heterocycles. The van der Waals surface area contributed by atoms with Gasteiger partial charge in [-0.2, -0.15) is 4.98 Å². The van der Waals surface area contributed by atoms with Crippen molar-refractivity contribution in [2.45, 2.75) is 59.0 Å². The molecule has 1 aromatic heterocycles. The average molecular weight is 388 g/mol. The summed E-state index contributed by atoms with van der Waals surface area (Å²) in [4.78, 5) is 28.4. The molecule has 0 saturated carbocycles. The zero-order valence-electron chi connectivity index (χ0n) is 17.0. The van der Waals surface area contributed by atoms with E-state index in [1.54, 1.807) is 6.92 Å². The third kappa shape index (κ3) is 6.68. The van der Waals surface area contributed by atoms with Gasteiger partial charge in [-0.1, -0.05) is 5.16 Å². The van der Waals surface area contributed by atoms with Crippen LogP contribution in [0.15, 0.2) is 28.8 Å². The van der Waals surface area contributed by atoms with Gasteiger partial charge in [-0.15, -0.1) is 0 Å². The molecule has 1 heterocycles. The van der Waals surface area contributed by atoms with Crippen LogP contribution in [0.4, 0.5) is 0 Å². The van der Waals surface area contributed by atoms with E-state index in [-0.39, 0.29) is 23.8 Å². The minimum absolute atomic E-state index is 0.151.